The first-order valence-electron chi connectivity index (χ1n) is 5.10. The second kappa shape index (κ2) is 5.61. The Balaban J connectivity index is 2.38. The van der Waals surface area contributed by atoms with E-state index < -0.39 is 16.0 Å². The highest BCUT2D eigenvalue weighted by Crippen LogP contribution is 2.28. The van der Waals surface area contributed by atoms with Crippen LogP contribution in [0.3, 0.4) is 0 Å². The molecule has 0 atom stereocenters. The number of aromatic carboxylic acids is 1. The third-order valence-corrected chi connectivity index (χ3v) is 5.48. The van der Waals surface area contributed by atoms with E-state index in [4.69, 9.17) is 28.3 Å². The van der Waals surface area contributed by atoms with Gasteiger partial charge < -0.3 is 5.11 Å². The van der Waals surface area contributed by atoms with Crippen molar-refractivity contribution in [3.8, 4) is 0 Å². The maximum absolute atomic E-state index is 12.1. The first-order valence-corrected chi connectivity index (χ1v) is 8.22. The SMILES string of the molecule is O=C(O)c1sccc1S(=O)(=O)Nc1ccc(Cl)c(Cl)c1. The number of carboxylic acids is 1. The van der Waals surface area contributed by atoms with Gasteiger partial charge in [-0.1, -0.05) is 23.2 Å². The molecule has 20 heavy (non-hydrogen) atoms. The summed E-state index contributed by atoms with van der Waals surface area (Å²) < 4.78 is 26.5. The van der Waals surface area contributed by atoms with Crippen LogP contribution in [0.5, 0.6) is 0 Å². The number of rotatable bonds is 4. The van der Waals surface area contributed by atoms with Gasteiger partial charge in [0.25, 0.3) is 10.0 Å². The Hall–Kier alpha value is -1.28. The van der Waals surface area contributed by atoms with Crippen molar-refractivity contribution in [2.24, 2.45) is 0 Å². The number of sulfonamides is 1. The Morgan fingerprint density at radius 3 is 2.50 bits per heavy atom. The molecule has 0 spiro atoms. The predicted molar refractivity (Wildman–Crippen MR) is 78.5 cm³/mol. The van der Waals surface area contributed by atoms with Crippen LogP contribution in [0.1, 0.15) is 9.67 Å². The second-order valence-electron chi connectivity index (χ2n) is 3.65. The standard InChI is InChI=1S/C11H7Cl2NO4S2/c12-7-2-1-6(5-8(7)13)14-20(17,18)9-3-4-19-10(9)11(15)16/h1-5,14H,(H,15,16). The third kappa shape index (κ3) is 3.06. The van der Waals surface area contributed by atoms with Gasteiger partial charge in [-0.05, 0) is 29.6 Å². The van der Waals surface area contributed by atoms with Crippen LogP contribution in [0.15, 0.2) is 34.5 Å². The Kier molecular flexibility index (Phi) is 4.24. The molecule has 5 nitrogen and oxygen atoms in total. The topological polar surface area (TPSA) is 83.5 Å². The van der Waals surface area contributed by atoms with Gasteiger partial charge in [0.15, 0.2) is 0 Å². The zero-order valence-electron chi connectivity index (χ0n) is 9.63. The van der Waals surface area contributed by atoms with Gasteiger partial charge in [-0.3, -0.25) is 4.72 Å². The summed E-state index contributed by atoms with van der Waals surface area (Å²) in [5.41, 5.74) is 0.196. The van der Waals surface area contributed by atoms with Gasteiger partial charge in [0.2, 0.25) is 0 Å². The van der Waals surface area contributed by atoms with Crippen LogP contribution >= 0.6 is 34.5 Å². The molecule has 1 heterocycles. The maximum atomic E-state index is 12.1. The fraction of sp³-hybridized carbons (Fsp3) is 0. The summed E-state index contributed by atoms with van der Waals surface area (Å²) in [6.45, 7) is 0. The quantitative estimate of drug-likeness (QED) is 0.881. The number of nitrogens with one attached hydrogen (secondary N) is 1. The van der Waals surface area contributed by atoms with E-state index in [-0.39, 0.29) is 25.5 Å². The number of hydrogen-bond acceptors (Lipinski definition) is 4. The number of carboxylic acid groups (broad SMARTS) is 1. The van der Waals surface area contributed by atoms with Crippen molar-refractivity contribution < 1.29 is 18.3 Å². The lowest BCUT2D eigenvalue weighted by Crippen LogP contribution is -2.15. The molecule has 2 rings (SSSR count). The number of halogens is 2. The van der Waals surface area contributed by atoms with Crippen LogP contribution in [0.2, 0.25) is 10.0 Å². The van der Waals surface area contributed by atoms with Crippen LogP contribution in [-0.4, -0.2) is 19.5 Å². The highest BCUT2D eigenvalue weighted by atomic mass is 35.5. The molecule has 0 aliphatic rings. The van der Waals surface area contributed by atoms with Gasteiger partial charge in [0.05, 0.1) is 15.7 Å². The number of benzene rings is 1. The first kappa shape index (κ1) is 15.1. The lowest BCUT2D eigenvalue weighted by molar-refractivity contribution is 0.0698. The number of anilines is 1. The maximum Gasteiger partial charge on any atom is 0.347 e. The molecule has 2 N–H and O–H groups in total. The second-order valence-corrected chi connectivity index (χ2v) is 7.03. The molecular weight excluding hydrogens is 345 g/mol. The molecule has 0 amide bonds. The van der Waals surface area contributed by atoms with Crippen LogP contribution in [0.4, 0.5) is 5.69 Å². The lowest BCUT2D eigenvalue weighted by Gasteiger charge is -2.08. The van der Waals surface area contributed by atoms with E-state index in [1.165, 1.54) is 29.6 Å². The minimum atomic E-state index is -4.00. The molecule has 106 valence electrons. The zero-order chi connectivity index (χ0) is 14.9. The van der Waals surface area contributed by atoms with Crippen LogP contribution < -0.4 is 4.72 Å². The Labute approximate surface area is 128 Å². The van der Waals surface area contributed by atoms with Crippen molar-refractivity contribution in [1.29, 1.82) is 0 Å². The largest absolute Gasteiger partial charge is 0.477 e. The van der Waals surface area contributed by atoms with E-state index >= 15 is 0 Å². The average molecular weight is 352 g/mol. The van der Waals surface area contributed by atoms with E-state index in [1.54, 1.807) is 0 Å². The number of thiophene rings is 1. The molecule has 1 aromatic heterocycles. The molecule has 0 aliphatic heterocycles. The summed E-state index contributed by atoms with van der Waals surface area (Å²) in [6.07, 6.45) is 0. The number of carbonyl (C=O) groups is 1. The van der Waals surface area contributed by atoms with Crippen LogP contribution in [0.25, 0.3) is 0 Å². The number of hydrogen-bond donors (Lipinski definition) is 2. The van der Waals surface area contributed by atoms with E-state index in [1.807, 2.05) is 0 Å². The molecule has 0 saturated heterocycles. The average Bonchev–Trinajstić information content (AvgIpc) is 2.83. The summed E-state index contributed by atoms with van der Waals surface area (Å²) in [5.74, 6) is -1.30. The molecule has 1 aromatic carbocycles. The Morgan fingerprint density at radius 2 is 1.90 bits per heavy atom. The lowest BCUT2D eigenvalue weighted by atomic mass is 10.3. The minimum Gasteiger partial charge on any atom is -0.477 e. The van der Waals surface area contributed by atoms with Crippen molar-refractivity contribution >= 4 is 56.2 Å². The van der Waals surface area contributed by atoms with Gasteiger partial charge in [-0.2, -0.15) is 0 Å². The molecule has 0 unspecified atom stereocenters. The molecule has 0 aliphatic carbocycles. The molecule has 9 heteroatoms. The van der Waals surface area contributed by atoms with Crippen molar-refractivity contribution in [3.63, 3.8) is 0 Å². The Morgan fingerprint density at radius 1 is 1.20 bits per heavy atom. The fourth-order valence-electron chi connectivity index (χ4n) is 1.43. The van der Waals surface area contributed by atoms with Gasteiger partial charge in [0, 0.05) is 0 Å². The molecule has 0 fully saturated rings. The predicted octanol–water partition coefficient (Wildman–Crippen LogP) is 3.55. The molecule has 0 radical (unpaired) electrons. The van der Waals surface area contributed by atoms with Gasteiger partial charge in [-0.25, -0.2) is 13.2 Å². The van der Waals surface area contributed by atoms with Crippen molar-refractivity contribution in [1.82, 2.24) is 0 Å². The molecular formula is C11H7Cl2NO4S2. The van der Waals surface area contributed by atoms with E-state index in [2.05, 4.69) is 4.72 Å². The normalized spacial score (nSPS) is 11.3. The zero-order valence-corrected chi connectivity index (χ0v) is 12.8. The first-order chi connectivity index (χ1) is 9.31. The minimum absolute atomic E-state index is 0.190. The summed E-state index contributed by atoms with van der Waals surface area (Å²) >= 11 is 12.4. The molecule has 2 aromatic rings. The van der Waals surface area contributed by atoms with Crippen molar-refractivity contribution in [3.05, 3.63) is 44.6 Å². The summed E-state index contributed by atoms with van der Waals surface area (Å²) in [7, 11) is -4.00. The van der Waals surface area contributed by atoms with E-state index in [0.29, 0.717) is 0 Å². The highest BCUT2D eigenvalue weighted by Gasteiger charge is 2.24. The third-order valence-electron chi connectivity index (χ3n) is 2.28. The highest BCUT2D eigenvalue weighted by molar-refractivity contribution is 7.93. The summed E-state index contributed by atoms with van der Waals surface area (Å²) in [6, 6.07) is 5.44. The van der Waals surface area contributed by atoms with Crippen LogP contribution in [0, 0.1) is 0 Å². The smallest absolute Gasteiger partial charge is 0.347 e. The summed E-state index contributed by atoms with van der Waals surface area (Å²) in [5, 5.41) is 10.8. The van der Waals surface area contributed by atoms with Gasteiger partial charge in [0.1, 0.15) is 9.77 Å². The van der Waals surface area contributed by atoms with Crippen LogP contribution in [-0.2, 0) is 10.0 Å². The fourth-order valence-corrected chi connectivity index (χ4v) is 4.04. The van der Waals surface area contributed by atoms with E-state index in [0.717, 1.165) is 11.3 Å². The summed E-state index contributed by atoms with van der Waals surface area (Å²) in [4.78, 5) is 10.4. The molecule has 0 saturated carbocycles. The monoisotopic (exact) mass is 351 g/mol. The van der Waals surface area contributed by atoms with Crippen molar-refractivity contribution in [2.75, 3.05) is 4.72 Å². The van der Waals surface area contributed by atoms with E-state index in [9.17, 15) is 13.2 Å². The Bertz CT molecular complexity index is 770. The molecule has 0 bridgehead atoms. The van der Waals surface area contributed by atoms with Gasteiger partial charge >= 0.3 is 5.97 Å². The van der Waals surface area contributed by atoms with Gasteiger partial charge in [-0.15, -0.1) is 11.3 Å². The van der Waals surface area contributed by atoms with Crippen molar-refractivity contribution in [2.45, 2.75) is 4.90 Å².